The molecular formula is C22H26N2O6S. The van der Waals surface area contributed by atoms with Crippen molar-refractivity contribution < 1.29 is 27.4 Å². The van der Waals surface area contributed by atoms with Crippen molar-refractivity contribution in [3.8, 4) is 17.2 Å². The Bertz CT molecular complexity index is 1020. The second-order valence-corrected chi connectivity index (χ2v) is 9.82. The Balaban J connectivity index is 1.47. The van der Waals surface area contributed by atoms with Crippen molar-refractivity contribution in [2.24, 2.45) is 0 Å². The maximum absolute atomic E-state index is 13.0. The Labute approximate surface area is 182 Å². The molecule has 0 spiro atoms. The van der Waals surface area contributed by atoms with Crippen molar-refractivity contribution in [1.82, 2.24) is 4.90 Å². The summed E-state index contributed by atoms with van der Waals surface area (Å²) in [6, 6.07) is 13.7. The molecule has 2 saturated heterocycles. The first kappa shape index (κ1) is 21.5. The summed E-state index contributed by atoms with van der Waals surface area (Å²) in [7, 11) is -0.0612. The van der Waals surface area contributed by atoms with Gasteiger partial charge >= 0.3 is 0 Å². The Morgan fingerprint density at radius 3 is 2.03 bits per heavy atom. The van der Waals surface area contributed by atoms with Gasteiger partial charge in [0.25, 0.3) is 0 Å². The van der Waals surface area contributed by atoms with Gasteiger partial charge in [0.05, 0.1) is 38.3 Å². The molecule has 2 aliphatic heterocycles. The monoisotopic (exact) mass is 446 g/mol. The van der Waals surface area contributed by atoms with E-state index >= 15 is 0 Å². The van der Waals surface area contributed by atoms with E-state index in [1.165, 1.54) is 0 Å². The molecule has 2 aliphatic rings. The van der Waals surface area contributed by atoms with E-state index in [1.807, 2.05) is 29.2 Å². The number of carbonyl (C=O) groups is 1. The lowest BCUT2D eigenvalue weighted by atomic mass is 10.0. The highest BCUT2D eigenvalue weighted by Crippen LogP contribution is 2.32. The number of fused-ring (bicyclic) bond motifs is 1. The standard InChI is InChI=1S/C22H26N2O6S/c1-28-17-5-3-16(4-6-17)24-21-15-31(26,27)14-20(21)23(13-22(24)25)11-12-30-19-9-7-18(29-2)8-10-19/h3-10,20-21H,11-15H2,1-2H3/t20-,21-/m0/s1. The highest BCUT2D eigenvalue weighted by Gasteiger charge is 2.49. The van der Waals surface area contributed by atoms with Gasteiger partial charge in [-0.05, 0) is 48.5 Å². The molecule has 0 aliphatic carbocycles. The SMILES string of the molecule is COc1ccc(OCCN2CC(=O)N(c3ccc(OC)cc3)[C@H]3CS(=O)(=O)C[C@@H]32)cc1. The normalized spacial score (nSPS) is 22.8. The van der Waals surface area contributed by atoms with Crippen LogP contribution in [-0.4, -0.2) is 76.7 Å². The molecule has 2 aromatic rings. The fourth-order valence-corrected chi connectivity index (χ4v) is 6.21. The summed E-state index contributed by atoms with van der Waals surface area (Å²) < 4.78 is 41.0. The van der Waals surface area contributed by atoms with E-state index in [9.17, 15) is 13.2 Å². The lowest BCUT2D eigenvalue weighted by Crippen LogP contribution is -2.62. The van der Waals surface area contributed by atoms with E-state index in [4.69, 9.17) is 14.2 Å². The topological polar surface area (TPSA) is 85.4 Å². The second kappa shape index (κ2) is 8.76. The molecule has 31 heavy (non-hydrogen) atoms. The van der Waals surface area contributed by atoms with E-state index < -0.39 is 15.9 Å². The molecule has 0 unspecified atom stereocenters. The molecule has 0 bridgehead atoms. The van der Waals surface area contributed by atoms with Crippen LogP contribution < -0.4 is 19.1 Å². The first-order chi connectivity index (χ1) is 14.9. The van der Waals surface area contributed by atoms with Crippen molar-refractivity contribution in [2.45, 2.75) is 12.1 Å². The van der Waals surface area contributed by atoms with Crippen molar-refractivity contribution in [1.29, 1.82) is 0 Å². The second-order valence-electron chi connectivity index (χ2n) is 7.67. The molecule has 166 valence electrons. The largest absolute Gasteiger partial charge is 0.497 e. The average Bonchev–Trinajstić information content (AvgIpc) is 3.09. The quantitative estimate of drug-likeness (QED) is 0.639. The number of ether oxygens (including phenoxy) is 3. The maximum atomic E-state index is 13.0. The summed E-state index contributed by atoms with van der Waals surface area (Å²) in [6.07, 6.45) is 0. The number of hydrogen-bond acceptors (Lipinski definition) is 7. The molecule has 2 heterocycles. The van der Waals surface area contributed by atoms with Crippen LogP contribution in [0.1, 0.15) is 0 Å². The summed E-state index contributed by atoms with van der Waals surface area (Å²) in [5.41, 5.74) is 0.687. The van der Waals surface area contributed by atoms with Crippen LogP contribution in [0.3, 0.4) is 0 Å². The molecule has 9 heteroatoms. The number of rotatable bonds is 7. The molecule has 0 aromatic heterocycles. The van der Waals surface area contributed by atoms with E-state index in [-0.39, 0.29) is 30.0 Å². The molecule has 0 N–H and O–H groups in total. The van der Waals surface area contributed by atoms with Gasteiger partial charge in [0, 0.05) is 18.3 Å². The summed E-state index contributed by atoms with van der Waals surface area (Å²) >= 11 is 0. The van der Waals surface area contributed by atoms with Crippen LogP contribution >= 0.6 is 0 Å². The predicted octanol–water partition coefficient (Wildman–Crippen LogP) is 1.60. The third-order valence-electron chi connectivity index (χ3n) is 5.76. The van der Waals surface area contributed by atoms with Crippen molar-refractivity contribution >= 4 is 21.4 Å². The van der Waals surface area contributed by atoms with Crippen LogP contribution in [-0.2, 0) is 14.6 Å². The minimum Gasteiger partial charge on any atom is -0.497 e. The number of anilines is 1. The third kappa shape index (κ3) is 4.62. The van der Waals surface area contributed by atoms with Gasteiger partial charge in [-0.3, -0.25) is 9.69 Å². The smallest absolute Gasteiger partial charge is 0.241 e. The van der Waals surface area contributed by atoms with E-state index in [1.54, 1.807) is 43.4 Å². The molecule has 2 aromatic carbocycles. The molecule has 2 atom stereocenters. The summed E-state index contributed by atoms with van der Waals surface area (Å²) in [5.74, 6) is 2.01. The van der Waals surface area contributed by atoms with Crippen molar-refractivity contribution in [3.05, 3.63) is 48.5 Å². The summed E-state index contributed by atoms with van der Waals surface area (Å²) in [4.78, 5) is 16.6. The number of amides is 1. The molecule has 8 nitrogen and oxygen atoms in total. The first-order valence-electron chi connectivity index (χ1n) is 10.1. The van der Waals surface area contributed by atoms with E-state index in [0.717, 1.165) is 5.75 Å². The number of carbonyl (C=O) groups excluding carboxylic acids is 1. The van der Waals surface area contributed by atoms with Gasteiger partial charge in [0.2, 0.25) is 5.91 Å². The van der Waals surface area contributed by atoms with E-state index in [2.05, 4.69) is 0 Å². The Kier molecular flexibility index (Phi) is 6.06. The Hall–Kier alpha value is -2.78. The minimum absolute atomic E-state index is 0.0364. The predicted molar refractivity (Wildman–Crippen MR) is 117 cm³/mol. The van der Waals surface area contributed by atoms with Crippen LogP contribution in [0.25, 0.3) is 0 Å². The zero-order valence-electron chi connectivity index (χ0n) is 17.6. The fourth-order valence-electron chi connectivity index (χ4n) is 4.23. The summed E-state index contributed by atoms with van der Waals surface area (Å²) in [6.45, 7) is 0.963. The number of piperazine rings is 1. The van der Waals surface area contributed by atoms with Crippen molar-refractivity contribution in [3.63, 3.8) is 0 Å². The molecule has 1 amide bonds. The van der Waals surface area contributed by atoms with Gasteiger partial charge in [-0.25, -0.2) is 8.42 Å². The fraction of sp³-hybridized carbons (Fsp3) is 0.409. The highest BCUT2D eigenvalue weighted by atomic mass is 32.2. The lowest BCUT2D eigenvalue weighted by molar-refractivity contribution is -0.123. The number of sulfone groups is 1. The van der Waals surface area contributed by atoms with Gasteiger partial charge in [0.1, 0.15) is 23.9 Å². The van der Waals surface area contributed by atoms with Gasteiger partial charge in [-0.15, -0.1) is 0 Å². The minimum atomic E-state index is -3.24. The van der Waals surface area contributed by atoms with Crippen LogP contribution in [0.5, 0.6) is 17.2 Å². The van der Waals surface area contributed by atoms with Crippen molar-refractivity contribution in [2.75, 3.05) is 50.3 Å². The number of benzene rings is 2. The van der Waals surface area contributed by atoms with E-state index in [0.29, 0.717) is 30.3 Å². The van der Waals surface area contributed by atoms with Gasteiger partial charge < -0.3 is 19.1 Å². The number of hydrogen-bond donors (Lipinski definition) is 0. The van der Waals surface area contributed by atoms with Gasteiger partial charge in [-0.1, -0.05) is 0 Å². The van der Waals surface area contributed by atoms with Crippen LogP contribution in [0.2, 0.25) is 0 Å². The lowest BCUT2D eigenvalue weighted by Gasteiger charge is -2.43. The molecule has 0 saturated carbocycles. The molecular weight excluding hydrogens is 420 g/mol. The molecule has 2 fully saturated rings. The zero-order chi connectivity index (χ0) is 22.0. The molecule has 0 radical (unpaired) electrons. The van der Waals surface area contributed by atoms with Crippen LogP contribution in [0.4, 0.5) is 5.69 Å². The van der Waals surface area contributed by atoms with Crippen LogP contribution in [0.15, 0.2) is 48.5 Å². The Morgan fingerprint density at radius 2 is 1.42 bits per heavy atom. The highest BCUT2D eigenvalue weighted by molar-refractivity contribution is 7.91. The first-order valence-corrected chi connectivity index (χ1v) is 11.9. The number of methoxy groups -OCH3 is 2. The number of nitrogens with zero attached hydrogens (tertiary/aromatic N) is 2. The maximum Gasteiger partial charge on any atom is 0.241 e. The zero-order valence-corrected chi connectivity index (χ0v) is 18.4. The van der Waals surface area contributed by atoms with Gasteiger partial charge in [-0.2, -0.15) is 0 Å². The third-order valence-corrected chi connectivity index (χ3v) is 7.46. The average molecular weight is 447 g/mol. The Morgan fingerprint density at radius 1 is 0.871 bits per heavy atom. The molecule has 4 rings (SSSR count). The summed E-state index contributed by atoms with van der Waals surface area (Å²) in [5, 5.41) is 0. The van der Waals surface area contributed by atoms with Crippen LogP contribution in [0, 0.1) is 0 Å². The van der Waals surface area contributed by atoms with Gasteiger partial charge in [0.15, 0.2) is 9.84 Å².